The highest BCUT2D eigenvalue weighted by Crippen LogP contribution is 2.62. The van der Waals surface area contributed by atoms with E-state index in [0.717, 1.165) is 43.4 Å². The Labute approximate surface area is 165 Å². The average molecular weight is 387 g/mol. The molecule has 2 N–H and O–H groups in total. The smallest absolute Gasteiger partial charge is 0.312 e. The van der Waals surface area contributed by atoms with E-state index in [1.165, 1.54) is 0 Å². The Morgan fingerprint density at radius 2 is 1.82 bits per heavy atom. The minimum atomic E-state index is -0.853. The number of hydrogen-bond acceptors (Lipinski definition) is 5. The van der Waals surface area contributed by atoms with Gasteiger partial charge in [0, 0.05) is 6.54 Å². The minimum absolute atomic E-state index is 0.312. The van der Waals surface area contributed by atoms with Crippen LogP contribution in [0.3, 0.4) is 0 Å². The number of esters is 1. The van der Waals surface area contributed by atoms with Gasteiger partial charge in [-0.05, 0) is 75.0 Å². The van der Waals surface area contributed by atoms with Gasteiger partial charge in [0.2, 0.25) is 0 Å². The molecule has 5 rings (SSSR count). The largest absolute Gasteiger partial charge is 0.497 e. The van der Waals surface area contributed by atoms with Crippen LogP contribution in [0.5, 0.6) is 5.75 Å². The number of rotatable bonds is 6. The Morgan fingerprint density at radius 1 is 1.18 bits per heavy atom. The Balaban J connectivity index is 1.33. The molecule has 3 atom stereocenters. The van der Waals surface area contributed by atoms with Crippen LogP contribution < -0.4 is 10.1 Å². The maximum Gasteiger partial charge on any atom is 0.312 e. The summed E-state index contributed by atoms with van der Waals surface area (Å²) in [6, 6.07) is 7.43. The van der Waals surface area contributed by atoms with Crippen molar-refractivity contribution in [2.24, 2.45) is 17.3 Å². The topological polar surface area (TPSA) is 84.9 Å². The second-order valence-corrected chi connectivity index (χ2v) is 9.08. The van der Waals surface area contributed by atoms with E-state index in [1.54, 1.807) is 14.0 Å². The summed E-state index contributed by atoms with van der Waals surface area (Å²) in [5.74, 6) is 0.936. The summed E-state index contributed by atoms with van der Waals surface area (Å²) in [7, 11) is 1.61. The van der Waals surface area contributed by atoms with Gasteiger partial charge in [-0.15, -0.1) is 0 Å². The van der Waals surface area contributed by atoms with Gasteiger partial charge in [0.15, 0.2) is 6.10 Å². The molecular weight excluding hydrogens is 358 g/mol. The lowest BCUT2D eigenvalue weighted by Crippen LogP contribution is -2.59. The molecular formula is C22H29NO5. The summed E-state index contributed by atoms with van der Waals surface area (Å²) in [5.41, 5.74) is -0.386. The summed E-state index contributed by atoms with van der Waals surface area (Å²) >= 11 is 0. The van der Waals surface area contributed by atoms with Crippen molar-refractivity contribution in [2.45, 2.75) is 63.7 Å². The predicted octanol–water partition coefficient (Wildman–Crippen LogP) is 2.57. The monoisotopic (exact) mass is 387 g/mol. The molecule has 6 nitrogen and oxygen atoms in total. The first-order chi connectivity index (χ1) is 13.3. The first-order valence-corrected chi connectivity index (χ1v) is 10.1. The molecule has 4 fully saturated rings. The number of carbonyl (C=O) groups is 2. The molecule has 0 aliphatic heterocycles. The van der Waals surface area contributed by atoms with Crippen LogP contribution >= 0.6 is 0 Å². The van der Waals surface area contributed by atoms with Crippen molar-refractivity contribution < 1.29 is 24.2 Å². The highest BCUT2D eigenvalue weighted by molar-refractivity contribution is 5.85. The molecule has 0 unspecified atom stereocenters. The van der Waals surface area contributed by atoms with E-state index in [0.29, 0.717) is 24.8 Å². The molecule has 28 heavy (non-hydrogen) atoms. The van der Waals surface area contributed by atoms with Gasteiger partial charge in [-0.25, -0.2) is 0 Å². The highest BCUT2D eigenvalue weighted by Gasteiger charge is 2.61. The van der Waals surface area contributed by atoms with E-state index in [-0.39, 0.29) is 11.9 Å². The van der Waals surface area contributed by atoms with Crippen molar-refractivity contribution in [3.63, 3.8) is 0 Å². The quantitative estimate of drug-likeness (QED) is 0.733. The van der Waals surface area contributed by atoms with Crippen molar-refractivity contribution in [2.75, 3.05) is 7.11 Å². The Kier molecular flexibility index (Phi) is 4.86. The van der Waals surface area contributed by atoms with E-state index in [1.807, 2.05) is 24.3 Å². The number of ether oxygens (including phenoxy) is 2. The van der Waals surface area contributed by atoms with Gasteiger partial charge in [-0.2, -0.15) is 0 Å². The molecule has 4 saturated carbocycles. The fraction of sp³-hybridized carbons (Fsp3) is 0.636. The summed E-state index contributed by atoms with van der Waals surface area (Å²) in [4.78, 5) is 25.4. The number of nitrogens with one attached hydrogen (secondary N) is 1. The van der Waals surface area contributed by atoms with E-state index in [4.69, 9.17) is 9.47 Å². The first kappa shape index (κ1) is 19.2. The van der Waals surface area contributed by atoms with E-state index >= 15 is 0 Å². The zero-order valence-electron chi connectivity index (χ0n) is 16.6. The third kappa shape index (κ3) is 3.62. The Morgan fingerprint density at radius 3 is 2.39 bits per heavy atom. The molecule has 0 aromatic heterocycles. The minimum Gasteiger partial charge on any atom is -0.497 e. The molecule has 6 heteroatoms. The zero-order valence-corrected chi connectivity index (χ0v) is 16.6. The van der Waals surface area contributed by atoms with Crippen LogP contribution in [-0.4, -0.2) is 35.8 Å². The van der Waals surface area contributed by atoms with Crippen LogP contribution in [-0.2, 0) is 20.9 Å². The molecule has 1 aromatic carbocycles. The van der Waals surface area contributed by atoms with Gasteiger partial charge < -0.3 is 19.9 Å². The third-order valence-corrected chi connectivity index (χ3v) is 6.74. The molecule has 4 aliphatic rings. The number of hydrogen-bond donors (Lipinski definition) is 2. The fourth-order valence-corrected chi connectivity index (χ4v) is 5.87. The molecule has 0 spiro atoms. The van der Waals surface area contributed by atoms with E-state index in [9.17, 15) is 14.7 Å². The van der Waals surface area contributed by atoms with Gasteiger partial charge >= 0.3 is 5.97 Å². The van der Waals surface area contributed by atoms with Crippen LogP contribution in [0.25, 0.3) is 0 Å². The third-order valence-electron chi connectivity index (χ3n) is 6.74. The number of carbonyl (C=O) groups excluding carboxylic acids is 2. The number of benzene rings is 1. The lowest BCUT2D eigenvalue weighted by atomic mass is 9.48. The Hall–Kier alpha value is -2.08. The lowest BCUT2D eigenvalue weighted by Gasteiger charge is -2.58. The molecule has 152 valence electrons. The maximum absolute atomic E-state index is 13.0. The standard InChI is InChI=1S/C22H29NO5/c1-14(19(24)23-12-15-3-5-18(27-2)6-4-15)28-20(25)21-8-16-7-17(9-21)11-22(26,10-16)13-21/h3-6,14,16-17,26H,7-13H2,1-2H3,(H,23,24)/t14-,16-,17-,21?,22?/m1/s1. The molecule has 0 heterocycles. The summed E-state index contributed by atoms with van der Waals surface area (Å²) in [6.45, 7) is 1.97. The van der Waals surface area contributed by atoms with E-state index < -0.39 is 17.1 Å². The Bertz CT molecular complexity index is 745. The lowest BCUT2D eigenvalue weighted by molar-refractivity contribution is -0.200. The van der Waals surface area contributed by atoms with Crippen LogP contribution in [0.2, 0.25) is 0 Å². The summed E-state index contributed by atoms with van der Waals surface area (Å²) < 4.78 is 10.7. The van der Waals surface area contributed by atoms with Crippen LogP contribution in [0.4, 0.5) is 0 Å². The van der Waals surface area contributed by atoms with Crippen molar-refractivity contribution in [3.8, 4) is 5.75 Å². The van der Waals surface area contributed by atoms with Gasteiger partial charge in [-0.1, -0.05) is 12.1 Å². The molecule has 1 amide bonds. The average Bonchev–Trinajstić information content (AvgIpc) is 2.64. The van der Waals surface area contributed by atoms with Gasteiger partial charge in [0.1, 0.15) is 5.75 Å². The van der Waals surface area contributed by atoms with Crippen LogP contribution in [0.15, 0.2) is 24.3 Å². The second kappa shape index (κ2) is 7.07. The van der Waals surface area contributed by atoms with Gasteiger partial charge in [-0.3, -0.25) is 9.59 Å². The molecule has 4 bridgehead atoms. The first-order valence-electron chi connectivity index (χ1n) is 10.1. The molecule has 4 aliphatic carbocycles. The predicted molar refractivity (Wildman–Crippen MR) is 102 cm³/mol. The maximum atomic E-state index is 13.0. The van der Waals surface area contributed by atoms with E-state index in [2.05, 4.69) is 5.32 Å². The number of amides is 1. The van der Waals surface area contributed by atoms with Crippen molar-refractivity contribution in [3.05, 3.63) is 29.8 Å². The summed E-state index contributed by atoms with van der Waals surface area (Å²) in [5, 5.41) is 13.6. The summed E-state index contributed by atoms with van der Waals surface area (Å²) in [6.07, 6.45) is 3.90. The number of methoxy groups -OCH3 is 1. The van der Waals surface area contributed by atoms with Crippen molar-refractivity contribution in [1.29, 1.82) is 0 Å². The molecule has 1 aromatic rings. The normalized spacial score (nSPS) is 34.0. The number of aliphatic hydroxyl groups is 1. The zero-order chi connectivity index (χ0) is 19.9. The highest BCUT2D eigenvalue weighted by atomic mass is 16.5. The molecule has 0 saturated heterocycles. The second-order valence-electron chi connectivity index (χ2n) is 9.08. The van der Waals surface area contributed by atoms with Crippen molar-refractivity contribution in [1.82, 2.24) is 5.32 Å². The van der Waals surface area contributed by atoms with Crippen molar-refractivity contribution >= 4 is 11.9 Å². The molecule has 0 radical (unpaired) electrons. The van der Waals surface area contributed by atoms with Crippen LogP contribution in [0.1, 0.15) is 51.0 Å². The van der Waals surface area contributed by atoms with Crippen LogP contribution in [0, 0.1) is 17.3 Å². The van der Waals surface area contributed by atoms with Gasteiger partial charge in [0.25, 0.3) is 5.91 Å². The fourth-order valence-electron chi connectivity index (χ4n) is 5.87. The van der Waals surface area contributed by atoms with Gasteiger partial charge in [0.05, 0.1) is 18.1 Å². The SMILES string of the molecule is COc1ccc(CNC(=O)[C@@H](C)OC(=O)C23C[C@H]4C[C@@H](CC(O)(C4)C2)C3)cc1.